The van der Waals surface area contributed by atoms with E-state index in [0.717, 1.165) is 6.07 Å². The summed E-state index contributed by atoms with van der Waals surface area (Å²) < 4.78 is 0. The molecule has 1 aromatic carbocycles. The van der Waals surface area contributed by atoms with Crippen LogP contribution < -0.4 is 0 Å². The van der Waals surface area contributed by atoms with E-state index < -0.39 is 4.92 Å². The standard InChI is InChI=1S/C8H5ClN2O3/c1-5-2-6(9)3-7(11(13)14)8(5)10-4-12/h2-3H,1H3. The van der Waals surface area contributed by atoms with Gasteiger partial charge in [0, 0.05) is 11.1 Å². The Balaban J connectivity index is 3.51. The maximum Gasteiger partial charge on any atom is 0.297 e. The highest BCUT2D eigenvalue weighted by Crippen LogP contribution is 2.33. The molecule has 6 heteroatoms. The largest absolute Gasteiger partial charge is 0.297 e. The molecule has 0 heterocycles. The van der Waals surface area contributed by atoms with Crippen molar-refractivity contribution in [3.8, 4) is 0 Å². The van der Waals surface area contributed by atoms with Crippen molar-refractivity contribution in [2.24, 2.45) is 4.99 Å². The first-order valence-corrected chi connectivity index (χ1v) is 3.96. The molecule has 0 radical (unpaired) electrons. The Labute approximate surface area is 84.2 Å². The van der Waals surface area contributed by atoms with Crippen LogP contribution in [0.2, 0.25) is 5.02 Å². The summed E-state index contributed by atoms with van der Waals surface area (Å²) in [6.45, 7) is 1.58. The van der Waals surface area contributed by atoms with Crippen molar-refractivity contribution >= 4 is 29.1 Å². The van der Waals surface area contributed by atoms with Gasteiger partial charge in [-0.25, -0.2) is 4.79 Å². The summed E-state index contributed by atoms with van der Waals surface area (Å²) in [5.41, 5.74) is 0.167. The molecule has 72 valence electrons. The van der Waals surface area contributed by atoms with E-state index >= 15 is 0 Å². The first-order chi connectivity index (χ1) is 6.56. The lowest BCUT2D eigenvalue weighted by Crippen LogP contribution is -1.90. The molecule has 5 nitrogen and oxygen atoms in total. The van der Waals surface area contributed by atoms with Crippen LogP contribution in [0.1, 0.15) is 5.56 Å². The van der Waals surface area contributed by atoms with Gasteiger partial charge in [-0.05, 0) is 18.6 Å². The Bertz CT molecular complexity index is 438. The van der Waals surface area contributed by atoms with E-state index in [9.17, 15) is 14.9 Å². The summed E-state index contributed by atoms with van der Waals surface area (Å²) in [5.74, 6) is 0. The number of hydrogen-bond donors (Lipinski definition) is 0. The molecule has 0 bridgehead atoms. The quantitative estimate of drug-likeness (QED) is 0.327. The molecule has 0 unspecified atom stereocenters. The zero-order chi connectivity index (χ0) is 10.7. The van der Waals surface area contributed by atoms with E-state index in [1.807, 2.05) is 0 Å². The number of carbonyl (C=O) groups excluding carboxylic acids is 1. The van der Waals surface area contributed by atoms with Crippen molar-refractivity contribution in [3.63, 3.8) is 0 Å². The van der Waals surface area contributed by atoms with Crippen molar-refractivity contribution in [2.75, 3.05) is 0 Å². The van der Waals surface area contributed by atoms with Gasteiger partial charge in [-0.1, -0.05) is 11.6 Å². The Kier molecular flexibility index (Phi) is 2.96. The van der Waals surface area contributed by atoms with E-state index in [2.05, 4.69) is 4.99 Å². The Morgan fingerprint density at radius 2 is 2.21 bits per heavy atom. The van der Waals surface area contributed by atoms with Crippen molar-refractivity contribution in [1.82, 2.24) is 0 Å². The molecule has 14 heavy (non-hydrogen) atoms. The van der Waals surface area contributed by atoms with Crippen LogP contribution in [-0.4, -0.2) is 11.0 Å². The number of hydrogen-bond acceptors (Lipinski definition) is 4. The molecular weight excluding hydrogens is 208 g/mol. The van der Waals surface area contributed by atoms with E-state index in [1.54, 1.807) is 6.92 Å². The number of nitro groups is 1. The van der Waals surface area contributed by atoms with Crippen LogP contribution in [0.3, 0.4) is 0 Å². The molecule has 0 spiro atoms. The van der Waals surface area contributed by atoms with E-state index in [4.69, 9.17) is 11.6 Å². The molecule has 0 amide bonds. The third-order valence-corrected chi connectivity index (χ3v) is 1.82. The Morgan fingerprint density at radius 1 is 1.57 bits per heavy atom. The minimum atomic E-state index is -0.644. The van der Waals surface area contributed by atoms with Crippen LogP contribution in [0.25, 0.3) is 0 Å². The van der Waals surface area contributed by atoms with Crippen LogP contribution in [0.15, 0.2) is 17.1 Å². The maximum atomic E-state index is 10.6. The lowest BCUT2D eigenvalue weighted by Gasteiger charge is -2.00. The number of benzene rings is 1. The fourth-order valence-electron chi connectivity index (χ4n) is 1.05. The zero-order valence-electron chi connectivity index (χ0n) is 7.15. The average molecular weight is 213 g/mol. The number of nitrogens with zero attached hydrogens (tertiary/aromatic N) is 2. The Hall–Kier alpha value is -1.71. The topological polar surface area (TPSA) is 72.6 Å². The molecule has 0 aromatic heterocycles. The van der Waals surface area contributed by atoms with Crippen molar-refractivity contribution in [1.29, 1.82) is 0 Å². The predicted molar refractivity (Wildman–Crippen MR) is 50.6 cm³/mol. The van der Waals surface area contributed by atoms with Crippen LogP contribution in [0.4, 0.5) is 11.4 Å². The minimum Gasteiger partial charge on any atom is -0.258 e. The highest BCUT2D eigenvalue weighted by molar-refractivity contribution is 6.31. The number of aryl methyl sites for hydroxylation is 1. The highest BCUT2D eigenvalue weighted by Gasteiger charge is 2.16. The molecule has 0 aliphatic heterocycles. The van der Waals surface area contributed by atoms with Gasteiger partial charge >= 0.3 is 0 Å². The summed E-state index contributed by atoms with van der Waals surface area (Å²) >= 11 is 5.62. The van der Waals surface area contributed by atoms with Crippen LogP contribution in [0.5, 0.6) is 0 Å². The fourth-order valence-corrected chi connectivity index (χ4v) is 1.32. The number of aliphatic imine (C=N–C) groups is 1. The van der Waals surface area contributed by atoms with Crippen LogP contribution in [-0.2, 0) is 4.79 Å². The third-order valence-electron chi connectivity index (χ3n) is 1.60. The van der Waals surface area contributed by atoms with Gasteiger partial charge in [-0.3, -0.25) is 10.1 Å². The first-order valence-electron chi connectivity index (χ1n) is 3.58. The summed E-state index contributed by atoms with van der Waals surface area (Å²) in [7, 11) is 0. The van der Waals surface area contributed by atoms with Crippen molar-refractivity contribution in [2.45, 2.75) is 6.92 Å². The zero-order valence-corrected chi connectivity index (χ0v) is 7.91. The van der Waals surface area contributed by atoms with Gasteiger partial charge in [-0.2, -0.15) is 4.99 Å². The van der Waals surface area contributed by atoms with E-state index in [1.165, 1.54) is 12.1 Å². The second-order valence-electron chi connectivity index (χ2n) is 2.55. The first kappa shape index (κ1) is 10.4. The number of nitro benzene ring substituents is 1. The Morgan fingerprint density at radius 3 is 2.71 bits per heavy atom. The highest BCUT2D eigenvalue weighted by atomic mass is 35.5. The van der Waals surface area contributed by atoms with Crippen molar-refractivity contribution in [3.05, 3.63) is 32.8 Å². The number of rotatable bonds is 2. The molecule has 1 rings (SSSR count). The van der Waals surface area contributed by atoms with E-state index in [-0.39, 0.29) is 16.4 Å². The molecule has 0 atom stereocenters. The van der Waals surface area contributed by atoms with E-state index in [0.29, 0.717) is 5.56 Å². The molecule has 0 fully saturated rings. The molecule has 1 aromatic rings. The average Bonchev–Trinajstić information content (AvgIpc) is 2.09. The van der Waals surface area contributed by atoms with Gasteiger partial charge in [0.05, 0.1) is 4.92 Å². The summed E-state index contributed by atoms with van der Waals surface area (Å²) in [6, 6.07) is 2.63. The summed E-state index contributed by atoms with van der Waals surface area (Å²) in [6.07, 6.45) is 1.27. The summed E-state index contributed by atoms with van der Waals surface area (Å²) in [5, 5.41) is 10.8. The molecule has 0 saturated heterocycles. The molecule has 0 saturated carbocycles. The van der Waals surface area contributed by atoms with Crippen LogP contribution in [0, 0.1) is 17.0 Å². The fraction of sp³-hybridized carbons (Fsp3) is 0.125. The van der Waals surface area contributed by atoms with Crippen LogP contribution >= 0.6 is 11.6 Å². The lowest BCUT2D eigenvalue weighted by molar-refractivity contribution is -0.384. The van der Waals surface area contributed by atoms with Gasteiger partial charge in [0.1, 0.15) is 0 Å². The third kappa shape index (κ3) is 1.96. The predicted octanol–water partition coefficient (Wildman–Crippen LogP) is 2.52. The number of isocyanates is 1. The lowest BCUT2D eigenvalue weighted by atomic mass is 10.2. The smallest absolute Gasteiger partial charge is 0.258 e. The normalized spacial score (nSPS) is 9.29. The van der Waals surface area contributed by atoms with Gasteiger partial charge in [0.15, 0.2) is 5.69 Å². The molecule has 0 aliphatic rings. The monoisotopic (exact) mass is 212 g/mol. The number of halogens is 1. The summed E-state index contributed by atoms with van der Waals surface area (Å²) in [4.78, 5) is 23.2. The maximum absolute atomic E-state index is 10.6. The molecular formula is C8H5ClN2O3. The second-order valence-corrected chi connectivity index (χ2v) is 2.99. The van der Waals surface area contributed by atoms with Gasteiger partial charge < -0.3 is 0 Å². The SMILES string of the molecule is Cc1cc(Cl)cc([N+](=O)[O-])c1N=C=O. The molecule has 0 aliphatic carbocycles. The molecule has 0 N–H and O–H groups in total. The second kappa shape index (κ2) is 4.00. The van der Waals surface area contributed by atoms with Gasteiger partial charge in [0.2, 0.25) is 6.08 Å². The minimum absolute atomic E-state index is 0.00519. The van der Waals surface area contributed by atoms with Gasteiger partial charge in [-0.15, -0.1) is 0 Å². The van der Waals surface area contributed by atoms with Crippen molar-refractivity contribution < 1.29 is 9.72 Å². The van der Waals surface area contributed by atoms with Gasteiger partial charge in [0.25, 0.3) is 5.69 Å².